The molecule has 0 aromatic rings. The van der Waals surface area contributed by atoms with Crippen molar-refractivity contribution in [2.75, 3.05) is 6.54 Å². The van der Waals surface area contributed by atoms with Crippen molar-refractivity contribution in [3.8, 4) is 0 Å². The molecule has 1 amide bonds. The second-order valence-corrected chi connectivity index (χ2v) is 10.8. The summed E-state index contributed by atoms with van der Waals surface area (Å²) in [4.78, 5) is 12.9. The molecule has 0 saturated carbocycles. The standard InChI is InChI=1S/C15H27NO2Si/c1-9-11-16(14(3)17)12-10-13(2)18-19(7,8)15(4,5)6/h9-10,12H,1-2,11H2,3-8H3/b12-10+. The minimum atomic E-state index is -1.86. The van der Waals surface area contributed by atoms with E-state index in [0.29, 0.717) is 12.3 Å². The highest BCUT2D eigenvalue weighted by Crippen LogP contribution is 2.37. The third-order valence-electron chi connectivity index (χ3n) is 3.36. The Kier molecular flexibility index (Phi) is 6.29. The number of amides is 1. The lowest BCUT2D eigenvalue weighted by Crippen LogP contribution is -2.40. The summed E-state index contributed by atoms with van der Waals surface area (Å²) < 4.78 is 6.00. The fraction of sp³-hybridized carbons (Fsp3) is 0.533. The lowest BCUT2D eigenvalue weighted by Gasteiger charge is -2.36. The summed E-state index contributed by atoms with van der Waals surface area (Å²) in [5.74, 6) is 0.568. The van der Waals surface area contributed by atoms with Crippen LogP contribution in [0, 0.1) is 0 Å². The summed E-state index contributed by atoms with van der Waals surface area (Å²) in [5, 5.41) is 0.130. The second-order valence-electron chi connectivity index (χ2n) is 6.10. The van der Waals surface area contributed by atoms with E-state index in [1.165, 1.54) is 6.92 Å². The number of carbonyl (C=O) groups is 1. The third kappa shape index (κ3) is 5.92. The summed E-state index contributed by atoms with van der Waals surface area (Å²) in [6.07, 6.45) is 5.12. The van der Waals surface area contributed by atoms with E-state index in [9.17, 15) is 4.79 Å². The van der Waals surface area contributed by atoms with Gasteiger partial charge in [-0.1, -0.05) is 33.4 Å². The van der Waals surface area contributed by atoms with Crippen molar-refractivity contribution < 1.29 is 9.22 Å². The van der Waals surface area contributed by atoms with Crippen molar-refractivity contribution in [3.63, 3.8) is 0 Å². The van der Waals surface area contributed by atoms with E-state index >= 15 is 0 Å². The fourth-order valence-corrected chi connectivity index (χ4v) is 2.15. The van der Waals surface area contributed by atoms with Crippen molar-refractivity contribution >= 4 is 14.2 Å². The Morgan fingerprint density at radius 3 is 2.26 bits per heavy atom. The van der Waals surface area contributed by atoms with Gasteiger partial charge in [0.15, 0.2) is 0 Å². The van der Waals surface area contributed by atoms with Gasteiger partial charge in [0, 0.05) is 19.7 Å². The fourth-order valence-electron chi connectivity index (χ4n) is 1.12. The molecule has 108 valence electrons. The first-order valence-corrected chi connectivity index (χ1v) is 9.36. The Morgan fingerprint density at radius 2 is 1.89 bits per heavy atom. The van der Waals surface area contributed by atoms with Crippen molar-refractivity contribution in [3.05, 3.63) is 37.3 Å². The quantitative estimate of drug-likeness (QED) is 0.318. The highest BCUT2D eigenvalue weighted by Gasteiger charge is 2.38. The highest BCUT2D eigenvalue weighted by molar-refractivity contribution is 6.74. The van der Waals surface area contributed by atoms with E-state index in [1.807, 2.05) is 0 Å². The van der Waals surface area contributed by atoms with Gasteiger partial charge < -0.3 is 9.33 Å². The molecule has 0 aliphatic rings. The first-order valence-electron chi connectivity index (χ1n) is 6.45. The van der Waals surface area contributed by atoms with Crippen LogP contribution in [0.4, 0.5) is 0 Å². The van der Waals surface area contributed by atoms with E-state index in [0.717, 1.165) is 0 Å². The summed E-state index contributed by atoms with van der Waals surface area (Å²) in [6.45, 7) is 20.4. The molecule has 4 heteroatoms. The molecule has 0 radical (unpaired) electrons. The van der Waals surface area contributed by atoms with E-state index in [2.05, 4.69) is 47.0 Å². The average molecular weight is 281 g/mol. The molecule has 0 aliphatic carbocycles. The number of hydrogen-bond acceptors (Lipinski definition) is 2. The van der Waals surface area contributed by atoms with Crippen molar-refractivity contribution in [2.45, 2.75) is 45.8 Å². The molecule has 0 N–H and O–H groups in total. The second kappa shape index (κ2) is 6.75. The normalized spacial score (nSPS) is 12.3. The Balaban J connectivity index is 4.70. The van der Waals surface area contributed by atoms with Gasteiger partial charge in [-0.05, 0) is 24.2 Å². The maximum atomic E-state index is 11.4. The Bertz CT molecular complexity index is 378. The number of rotatable bonds is 6. The Hall–Kier alpha value is -1.29. The van der Waals surface area contributed by atoms with Gasteiger partial charge in [0.1, 0.15) is 0 Å². The lowest BCUT2D eigenvalue weighted by atomic mass is 10.2. The smallest absolute Gasteiger partial charge is 0.250 e. The van der Waals surface area contributed by atoms with Crippen molar-refractivity contribution in [1.82, 2.24) is 4.90 Å². The molecule has 3 nitrogen and oxygen atoms in total. The number of carbonyl (C=O) groups excluding carboxylic acids is 1. The predicted molar refractivity (Wildman–Crippen MR) is 84.1 cm³/mol. The van der Waals surface area contributed by atoms with Crippen LogP contribution in [0.2, 0.25) is 18.1 Å². The average Bonchev–Trinajstić information content (AvgIpc) is 2.21. The van der Waals surface area contributed by atoms with Crippen LogP contribution >= 0.6 is 0 Å². The van der Waals surface area contributed by atoms with Gasteiger partial charge in [0.05, 0.1) is 5.76 Å². The Labute approximate surface area is 118 Å². The highest BCUT2D eigenvalue weighted by atomic mass is 28.4. The zero-order valence-electron chi connectivity index (χ0n) is 13.1. The van der Waals surface area contributed by atoms with Crippen LogP contribution in [0.25, 0.3) is 0 Å². The van der Waals surface area contributed by atoms with Gasteiger partial charge in [-0.15, -0.1) is 6.58 Å². The van der Waals surface area contributed by atoms with Crippen LogP contribution in [-0.2, 0) is 9.22 Å². The van der Waals surface area contributed by atoms with Crippen LogP contribution in [0.3, 0.4) is 0 Å². The molecule has 0 saturated heterocycles. The van der Waals surface area contributed by atoms with E-state index < -0.39 is 8.32 Å². The molecule has 0 aromatic heterocycles. The van der Waals surface area contributed by atoms with Crippen LogP contribution in [0.15, 0.2) is 37.3 Å². The predicted octanol–water partition coefficient (Wildman–Crippen LogP) is 4.07. The van der Waals surface area contributed by atoms with Gasteiger partial charge in [-0.25, -0.2) is 0 Å². The van der Waals surface area contributed by atoms with Crippen LogP contribution in [0.5, 0.6) is 0 Å². The summed E-state index contributed by atoms with van der Waals surface area (Å²) in [5.41, 5.74) is 0. The zero-order chi connectivity index (χ0) is 15.3. The van der Waals surface area contributed by atoms with E-state index in [4.69, 9.17) is 4.43 Å². The first kappa shape index (κ1) is 17.7. The molecule has 0 fully saturated rings. The number of hydrogen-bond donors (Lipinski definition) is 0. The van der Waals surface area contributed by atoms with Gasteiger partial charge in [-0.3, -0.25) is 4.79 Å². The Morgan fingerprint density at radius 1 is 1.37 bits per heavy atom. The molecule has 0 unspecified atom stereocenters. The molecule has 0 heterocycles. The van der Waals surface area contributed by atoms with Gasteiger partial charge in [0.25, 0.3) is 0 Å². The molecular weight excluding hydrogens is 254 g/mol. The molecule has 0 atom stereocenters. The van der Waals surface area contributed by atoms with E-state index in [1.54, 1.807) is 23.3 Å². The third-order valence-corrected chi connectivity index (χ3v) is 7.75. The molecule has 0 rings (SSSR count). The molecular formula is C15H27NO2Si. The topological polar surface area (TPSA) is 29.5 Å². The van der Waals surface area contributed by atoms with Crippen LogP contribution in [0.1, 0.15) is 27.7 Å². The van der Waals surface area contributed by atoms with Gasteiger partial charge in [-0.2, -0.15) is 0 Å². The molecule has 19 heavy (non-hydrogen) atoms. The van der Waals surface area contributed by atoms with Crippen molar-refractivity contribution in [2.24, 2.45) is 0 Å². The maximum absolute atomic E-state index is 11.4. The largest absolute Gasteiger partial charge is 0.544 e. The van der Waals surface area contributed by atoms with Crippen molar-refractivity contribution in [1.29, 1.82) is 0 Å². The minimum Gasteiger partial charge on any atom is -0.544 e. The maximum Gasteiger partial charge on any atom is 0.250 e. The SMILES string of the molecule is C=CCN(/C=C/C(=C)O[Si](C)(C)C(C)(C)C)C(C)=O. The minimum absolute atomic E-state index is 0.0312. The van der Waals surface area contributed by atoms with Crippen LogP contribution < -0.4 is 0 Å². The summed E-state index contributed by atoms with van der Waals surface area (Å²) >= 11 is 0. The number of allylic oxidation sites excluding steroid dienone is 1. The lowest BCUT2D eigenvalue weighted by molar-refractivity contribution is -0.125. The summed E-state index contributed by atoms with van der Waals surface area (Å²) in [6, 6.07) is 0. The van der Waals surface area contributed by atoms with Gasteiger partial charge in [0.2, 0.25) is 14.2 Å². The van der Waals surface area contributed by atoms with E-state index in [-0.39, 0.29) is 10.9 Å². The molecule has 0 bridgehead atoms. The molecule has 0 spiro atoms. The number of nitrogens with zero attached hydrogens (tertiary/aromatic N) is 1. The van der Waals surface area contributed by atoms with Gasteiger partial charge >= 0.3 is 0 Å². The summed E-state index contributed by atoms with van der Waals surface area (Å²) in [7, 11) is -1.86. The first-order chi connectivity index (χ1) is 8.51. The zero-order valence-corrected chi connectivity index (χ0v) is 14.1. The molecule has 0 aliphatic heterocycles. The monoisotopic (exact) mass is 281 g/mol. The van der Waals surface area contributed by atoms with Crippen LogP contribution in [-0.4, -0.2) is 25.7 Å². The molecule has 0 aromatic carbocycles.